The quantitative estimate of drug-likeness (QED) is 0.908. The van der Waals surface area contributed by atoms with Crippen LogP contribution < -0.4 is 9.64 Å². The standard InChI is InChI=1S/C16H15NO3/c18-15(12-6-2-1-3-7-12)16(19)17-10-11-20-14-9-5-4-8-13(14)17/h1-9,15,18H,10-11H2. The van der Waals surface area contributed by atoms with E-state index in [-0.39, 0.29) is 5.91 Å². The summed E-state index contributed by atoms with van der Waals surface area (Å²) in [4.78, 5) is 14.1. The van der Waals surface area contributed by atoms with E-state index in [4.69, 9.17) is 4.74 Å². The van der Waals surface area contributed by atoms with Crippen LogP contribution in [-0.4, -0.2) is 24.2 Å². The summed E-state index contributed by atoms with van der Waals surface area (Å²) >= 11 is 0. The maximum absolute atomic E-state index is 12.5. The molecule has 0 fully saturated rings. The molecule has 102 valence electrons. The molecule has 1 heterocycles. The third-order valence-corrected chi connectivity index (χ3v) is 3.34. The van der Waals surface area contributed by atoms with E-state index >= 15 is 0 Å². The van der Waals surface area contributed by atoms with Gasteiger partial charge in [0.1, 0.15) is 12.4 Å². The third kappa shape index (κ3) is 2.26. The van der Waals surface area contributed by atoms with Crippen LogP contribution in [0.5, 0.6) is 5.75 Å². The van der Waals surface area contributed by atoms with Crippen LogP contribution in [0.4, 0.5) is 5.69 Å². The number of benzene rings is 2. The smallest absolute Gasteiger partial charge is 0.260 e. The van der Waals surface area contributed by atoms with Gasteiger partial charge < -0.3 is 14.7 Å². The molecule has 4 heteroatoms. The molecule has 2 aromatic carbocycles. The lowest BCUT2D eigenvalue weighted by atomic mass is 10.1. The van der Waals surface area contributed by atoms with Gasteiger partial charge in [-0.15, -0.1) is 0 Å². The minimum atomic E-state index is -1.15. The van der Waals surface area contributed by atoms with Crippen LogP contribution in [0.3, 0.4) is 0 Å². The van der Waals surface area contributed by atoms with Crippen molar-refractivity contribution >= 4 is 11.6 Å². The zero-order valence-electron chi connectivity index (χ0n) is 10.9. The molecule has 20 heavy (non-hydrogen) atoms. The molecule has 1 aliphatic heterocycles. The van der Waals surface area contributed by atoms with Gasteiger partial charge in [-0.05, 0) is 17.7 Å². The number of hydrogen-bond donors (Lipinski definition) is 1. The van der Waals surface area contributed by atoms with Crippen molar-refractivity contribution in [1.82, 2.24) is 0 Å². The number of carbonyl (C=O) groups is 1. The van der Waals surface area contributed by atoms with Gasteiger partial charge in [-0.2, -0.15) is 0 Å². The normalized spacial score (nSPS) is 15.2. The van der Waals surface area contributed by atoms with Crippen LogP contribution >= 0.6 is 0 Å². The van der Waals surface area contributed by atoms with Crippen LogP contribution in [0.1, 0.15) is 11.7 Å². The molecule has 0 radical (unpaired) electrons. The molecule has 1 atom stereocenters. The molecule has 0 bridgehead atoms. The van der Waals surface area contributed by atoms with Crippen molar-refractivity contribution in [3.05, 3.63) is 60.2 Å². The Bertz CT molecular complexity index is 612. The van der Waals surface area contributed by atoms with Gasteiger partial charge in [0.05, 0.1) is 12.2 Å². The molecule has 0 saturated carbocycles. The first-order valence-corrected chi connectivity index (χ1v) is 6.53. The number of para-hydroxylation sites is 2. The highest BCUT2D eigenvalue weighted by molar-refractivity contribution is 5.98. The lowest BCUT2D eigenvalue weighted by Gasteiger charge is -2.31. The Morgan fingerprint density at radius 3 is 2.60 bits per heavy atom. The van der Waals surface area contributed by atoms with Crippen LogP contribution in [0.2, 0.25) is 0 Å². The van der Waals surface area contributed by atoms with E-state index in [9.17, 15) is 9.90 Å². The summed E-state index contributed by atoms with van der Waals surface area (Å²) in [6.45, 7) is 0.879. The van der Waals surface area contributed by atoms with Gasteiger partial charge in [-0.25, -0.2) is 0 Å². The van der Waals surface area contributed by atoms with Crippen molar-refractivity contribution in [2.75, 3.05) is 18.1 Å². The first-order valence-electron chi connectivity index (χ1n) is 6.53. The highest BCUT2D eigenvalue weighted by atomic mass is 16.5. The Hall–Kier alpha value is -2.33. The van der Waals surface area contributed by atoms with E-state index in [0.29, 0.717) is 30.2 Å². The zero-order chi connectivity index (χ0) is 13.9. The number of carbonyl (C=O) groups excluding carboxylic acids is 1. The number of aliphatic hydroxyl groups is 1. The van der Waals surface area contributed by atoms with Crippen LogP contribution in [0.15, 0.2) is 54.6 Å². The Morgan fingerprint density at radius 1 is 1.10 bits per heavy atom. The molecule has 2 aromatic rings. The summed E-state index contributed by atoms with van der Waals surface area (Å²) < 4.78 is 5.51. The molecule has 1 amide bonds. The molecule has 1 aliphatic rings. The number of rotatable bonds is 2. The lowest BCUT2D eigenvalue weighted by Crippen LogP contribution is -2.40. The van der Waals surface area contributed by atoms with Gasteiger partial charge >= 0.3 is 0 Å². The molecule has 1 N–H and O–H groups in total. The Balaban J connectivity index is 1.89. The van der Waals surface area contributed by atoms with Gasteiger partial charge in [0.2, 0.25) is 0 Å². The molecule has 0 aromatic heterocycles. The first kappa shape index (κ1) is 12.7. The Kier molecular flexibility index (Phi) is 3.39. The fraction of sp³-hybridized carbons (Fsp3) is 0.188. The predicted molar refractivity (Wildman–Crippen MR) is 75.7 cm³/mol. The maximum atomic E-state index is 12.5. The summed E-state index contributed by atoms with van der Waals surface area (Å²) in [5.74, 6) is 0.347. The van der Waals surface area contributed by atoms with Gasteiger partial charge in [0.25, 0.3) is 5.91 Å². The van der Waals surface area contributed by atoms with Gasteiger partial charge in [0, 0.05) is 0 Å². The first-order chi connectivity index (χ1) is 9.77. The number of nitrogens with zero attached hydrogens (tertiary/aromatic N) is 1. The van der Waals surface area contributed by atoms with Gasteiger partial charge in [0.15, 0.2) is 6.10 Å². The summed E-state index contributed by atoms with van der Waals surface area (Å²) in [6.07, 6.45) is -1.15. The second kappa shape index (κ2) is 5.35. The average molecular weight is 269 g/mol. The van der Waals surface area contributed by atoms with Gasteiger partial charge in [-0.1, -0.05) is 42.5 Å². The van der Waals surface area contributed by atoms with E-state index in [2.05, 4.69) is 0 Å². The number of amides is 1. The summed E-state index contributed by atoms with van der Waals surface area (Å²) in [6, 6.07) is 16.3. The fourth-order valence-corrected chi connectivity index (χ4v) is 2.32. The van der Waals surface area contributed by atoms with E-state index in [1.54, 1.807) is 29.2 Å². The van der Waals surface area contributed by atoms with Gasteiger partial charge in [-0.3, -0.25) is 4.79 Å². The summed E-state index contributed by atoms with van der Waals surface area (Å²) in [5.41, 5.74) is 1.31. The van der Waals surface area contributed by atoms with Crippen molar-refractivity contribution in [1.29, 1.82) is 0 Å². The molecule has 1 unspecified atom stereocenters. The van der Waals surface area contributed by atoms with E-state index in [1.807, 2.05) is 30.3 Å². The largest absolute Gasteiger partial charge is 0.490 e. The van der Waals surface area contributed by atoms with E-state index in [1.165, 1.54) is 0 Å². The van der Waals surface area contributed by atoms with Crippen molar-refractivity contribution < 1.29 is 14.6 Å². The average Bonchev–Trinajstić information content (AvgIpc) is 2.54. The molecular weight excluding hydrogens is 254 g/mol. The highest BCUT2D eigenvalue weighted by Crippen LogP contribution is 2.32. The SMILES string of the molecule is O=C(C(O)c1ccccc1)N1CCOc2ccccc21. The molecular formula is C16H15NO3. The monoisotopic (exact) mass is 269 g/mol. The lowest BCUT2D eigenvalue weighted by molar-refractivity contribution is -0.127. The number of ether oxygens (including phenoxy) is 1. The number of fused-ring (bicyclic) bond motifs is 1. The van der Waals surface area contributed by atoms with Crippen molar-refractivity contribution in [3.8, 4) is 5.75 Å². The summed E-state index contributed by atoms with van der Waals surface area (Å²) in [7, 11) is 0. The molecule has 4 nitrogen and oxygen atoms in total. The second-order valence-corrected chi connectivity index (χ2v) is 4.62. The number of anilines is 1. The minimum Gasteiger partial charge on any atom is -0.490 e. The molecule has 3 rings (SSSR count). The number of aliphatic hydroxyl groups excluding tert-OH is 1. The molecule has 0 spiro atoms. The topological polar surface area (TPSA) is 49.8 Å². The minimum absolute atomic E-state index is 0.327. The van der Waals surface area contributed by atoms with E-state index in [0.717, 1.165) is 0 Å². The maximum Gasteiger partial charge on any atom is 0.260 e. The van der Waals surface area contributed by atoms with Crippen molar-refractivity contribution in [3.63, 3.8) is 0 Å². The number of hydrogen-bond acceptors (Lipinski definition) is 3. The molecule has 0 saturated heterocycles. The zero-order valence-corrected chi connectivity index (χ0v) is 10.9. The van der Waals surface area contributed by atoms with Crippen molar-refractivity contribution in [2.24, 2.45) is 0 Å². The van der Waals surface area contributed by atoms with Crippen LogP contribution in [0.25, 0.3) is 0 Å². The fourth-order valence-electron chi connectivity index (χ4n) is 2.32. The van der Waals surface area contributed by atoms with Crippen molar-refractivity contribution in [2.45, 2.75) is 6.10 Å². The highest BCUT2D eigenvalue weighted by Gasteiger charge is 2.28. The second-order valence-electron chi connectivity index (χ2n) is 4.62. The van der Waals surface area contributed by atoms with E-state index < -0.39 is 6.10 Å². The Labute approximate surface area is 117 Å². The van der Waals surface area contributed by atoms with Crippen LogP contribution in [0, 0.1) is 0 Å². The van der Waals surface area contributed by atoms with Crippen LogP contribution in [-0.2, 0) is 4.79 Å². The predicted octanol–water partition coefficient (Wildman–Crippen LogP) is 2.15. The Morgan fingerprint density at radius 2 is 1.80 bits per heavy atom. The summed E-state index contributed by atoms with van der Waals surface area (Å²) in [5, 5.41) is 10.2. The molecule has 0 aliphatic carbocycles. The third-order valence-electron chi connectivity index (χ3n) is 3.34.